The number of fused-ring (bicyclic) bond motifs is 1. The Hall–Kier alpha value is -5.55. The maximum atomic E-state index is 11.8. The number of carboxylic acid groups (broad SMARTS) is 1. The SMILES string of the molecule is Cc1cc(C)cc(CC(c2c[nH]c3ccc(Nc4ncc(-c5ccccc5)o4)cc23)C(CCc2ccc(NS(C)(=O)=O)cc2)CNC(=O)O)c1. The second kappa shape index (κ2) is 14.9. The van der Waals surface area contributed by atoms with E-state index in [0.29, 0.717) is 36.7 Å². The largest absolute Gasteiger partial charge is 0.465 e. The van der Waals surface area contributed by atoms with Gasteiger partial charge in [0.25, 0.3) is 6.01 Å². The summed E-state index contributed by atoms with van der Waals surface area (Å²) in [5, 5.41) is 16.7. The number of benzene rings is 4. The molecule has 0 saturated carbocycles. The quantitative estimate of drug-likeness (QED) is 0.0770. The summed E-state index contributed by atoms with van der Waals surface area (Å²) in [5.41, 5.74) is 8.86. The first kappa shape index (κ1) is 34.3. The highest BCUT2D eigenvalue weighted by molar-refractivity contribution is 7.92. The fourth-order valence-corrected chi connectivity index (χ4v) is 7.22. The van der Waals surface area contributed by atoms with Crippen LogP contribution in [0.1, 0.15) is 40.2 Å². The van der Waals surface area contributed by atoms with Crippen molar-refractivity contribution in [1.82, 2.24) is 15.3 Å². The van der Waals surface area contributed by atoms with Crippen molar-refractivity contribution in [3.8, 4) is 11.3 Å². The molecule has 2 atom stereocenters. The Morgan fingerprint density at radius 3 is 2.34 bits per heavy atom. The standard InChI is InChI=1S/C39H41N5O5S/c1-25-17-26(2)19-28(18-25)20-33(30(22-42-39(45)46)12-9-27-10-13-31(14-11-27)44-50(3,47)48)35-23-40-36-16-15-32(21-34(35)36)43-38-41-24-37(49-38)29-7-5-4-6-8-29/h4-8,10-11,13-19,21,23-24,30,33,40,42,44H,9,12,20,22H2,1-3H3,(H,41,43)(H,45,46). The molecule has 258 valence electrons. The van der Waals surface area contributed by atoms with E-state index in [1.807, 2.05) is 60.8 Å². The van der Waals surface area contributed by atoms with Crippen molar-refractivity contribution < 1.29 is 22.7 Å². The molecule has 5 N–H and O–H groups in total. The van der Waals surface area contributed by atoms with Gasteiger partial charge in [-0.05, 0) is 92.0 Å². The zero-order valence-electron chi connectivity index (χ0n) is 28.2. The van der Waals surface area contributed by atoms with E-state index >= 15 is 0 Å². The average molecular weight is 692 g/mol. The minimum absolute atomic E-state index is 0.0513. The first-order valence-electron chi connectivity index (χ1n) is 16.5. The highest BCUT2D eigenvalue weighted by atomic mass is 32.2. The van der Waals surface area contributed by atoms with Gasteiger partial charge in [0.05, 0.1) is 12.5 Å². The molecule has 0 aliphatic carbocycles. The minimum atomic E-state index is -3.38. The first-order chi connectivity index (χ1) is 24.0. The number of H-pyrrole nitrogens is 1. The fourth-order valence-electron chi connectivity index (χ4n) is 6.66. The minimum Gasteiger partial charge on any atom is -0.465 e. The van der Waals surface area contributed by atoms with Crippen LogP contribution in [0.2, 0.25) is 0 Å². The van der Waals surface area contributed by atoms with E-state index in [4.69, 9.17) is 4.42 Å². The number of anilines is 3. The van der Waals surface area contributed by atoms with E-state index in [1.54, 1.807) is 18.3 Å². The van der Waals surface area contributed by atoms with Gasteiger partial charge in [-0.25, -0.2) is 18.2 Å². The van der Waals surface area contributed by atoms with Gasteiger partial charge in [-0.3, -0.25) is 4.72 Å². The van der Waals surface area contributed by atoms with Crippen LogP contribution in [-0.2, 0) is 22.9 Å². The molecule has 6 rings (SSSR count). The molecule has 11 heteroatoms. The Kier molecular flexibility index (Phi) is 10.2. The topological polar surface area (TPSA) is 149 Å². The number of amides is 1. The first-order valence-corrected chi connectivity index (χ1v) is 18.4. The summed E-state index contributed by atoms with van der Waals surface area (Å²) >= 11 is 0. The van der Waals surface area contributed by atoms with Crippen LogP contribution < -0.4 is 15.4 Å². The molecule has 2 aromatic heterocycles. The Morgan fingerprint density at radius 2 is 1.64 bits per heavy atom. The van der Waals surface area contributed by atoms with Crippen molar-refractivity contribution in [3.05, 3.63) is 131 Å². The van der Waals surface area contributed by atoms with E-state index in [1.165, 1.54) is 16.7 Å². The lowest BCUT2D eigenvalue weighted by Gasteiger charge is -2.28. The van der Waals surface area contributed by atoms with Crippen LogP contribution in [0, 0.1) is 19.8 Å². The second-order valence-corrected chi connectivity index (χ2v) is 14.6. The van der Waals surface area contributed by atoms with Crippen LogP contribution in [0.3, 0.4) is 0 Å². The van der Waals surface area contributed by atoms with Crippen molar-refractivity contribution >= 4 is 44.4 Å². The van der Waals surface area contributed by atoms with E-state index in [9.17, 15) is 18.3 Å². The van der Waals surface area contributed by atoms with E-state index < -0.39 is 16.1 Å². The molecule has 2 unspecified atom stereocenters. The molecule has 10 nitrogen and oxygen atoms in total. The number of aromatic nitrogens is 2. The lowest BCUT2D eigenvalue weighted by atomic mass is 9.78. The molecule has 0 fully saturated rings. The summed E-state index contributed by atoms with van der Waals surface area (Å²) in [7, 11) is -3.38. The summed E-state index contributed by atoms with van der Waals surface area (Å²) in [6.45, 7) is 4.45. The molecular weight excluding hydrogens is 651 g/mol. The normalized spacial score (nSPS) is 12.8. The zero-order chi connectivity index (χ0) is 35.3. The average Bonchev–Trinajstić information content (AvgIpc) is 3.71. The molecule has 0 aliphatic heterocycles. The molecule has 0 bridgehead atoms. The van der Waals surface area contributed by atoms with Crippen LogP contribution in [0.4, 0.5) is 22.2 Å². The van der Waals surface area contributed by atoms with Crippen LogP contribution in [0.15, 0.2) is 108 Å². The van der Waals surface area contributed by atoms with Gasteiger partial charge in [-0.15, -0.1) is 0 Å². The number of rotatable bonds is 14. The van der Waals surface area contributed by atoms with Gasteiger partial charge in [0.2, 0.25) is 10.0 Å². The Labute approximate surface area is 292 Å². The van der Waals surface area contributed by atoms with Crippen LogP contribution >= 0.6 is 0 Å². The molecule has 0 spiro atoms. The van der Waals surface area contributed by atoms with E-state index in [-0.39, 0.29) is 18.4 Å². The van der Waals surface area contributed by atoms with Crippen molar-refractivity contribution in [2.75, 3.05) is 22.8 Å². The van der Waals surface area contributed by atoms with Crippen LogP contribution in [-0.4, -0.2) is 42.4 Å². The van der Waals surface area contributed by atoms with E-state index in [2.05, 4.69) is 63.4 Å². The predicted molar refractivity (Wildman–Crippen MR) is 199 cm³/mol. The summed E-state index contributed by atoms with van der Waals surface area (Å²) in [6, 6.07) is 30.1. The summed E-state index contributed by atoms with van der Waals surface area (Å²) < 4.78 is 31.9. The Morgan fingerprint density at radius 1 is 0.920 bits per heavy atom. The number of nitrogens with zero attached hydrogens (tertiary/aromatic N) is 1. The maximum absolute atomic E-state index is 11.8. The van der Waals surface area contributed by atoms with Crippen LogP contribution in [0.5, 0.6) is 0 Å². The van der Waals surface area contributed by atoms with Crippen molar-refractivity contribution in [1.29, 1.82) is 0 Å². The second-order valence-electron chi connectivity index (χ2n) is 12.9. The highest BCUT2D eigenvalue weighted by Crippen LogP contribution is 2.38. The van der Waals surface area contributed by atoms with Crippen molar-refractivity contribution in [3.63, 3.8) is 0 Å². The number of sulfonamides is 1. The number of carbonyl (C=O) groups is 1. The monoisotopic (exact) mass is 691 g/mol. The third kappa shape index (κ3) is 8.91. The molecule has 6 aromatic rings. The van der Waals surface area contributed by atoms with Gasteiger partial charge >= 0.3 is 6.09 Å². The Bertz CT molecular complexity index is 2170. The maximum Gasteiger partial charge on any atom is 0.404 e. The van der Waals surface area contributed by atoms with Crippen molar-refractivity contribution in [2.45, 2.75) is 39.0 Å². The molecule has 0 saturated heterocycles. The Balaban J connectivity index is 1.33. The number of hydrogen-bond acceptors (Lipinski definition) is 6. The van der Waals surface area contributed by atoms with Gasteiger partial charge in [-0.1, -0.05) is 71.8 Å². The van der Waals surface area contributed by atoms with E-state index in [0.717, 1.165) is 39.5 Å². The summed E-state index contributed by atoms with van der Waals surface area (Å²) in [4.78, 5) is 19.7. The number of aryl methyl sites for hydroxylation is 3. The molecule has 2 heterocycles. The lowest BCUT2D eigenvalue weighted by molar-refractivity contribution is 0.190. The molecular formula is C39H41N5O5S. The molecule has 50 heavy (non-hydrogen) atoms. The molecule has 0 aliphatic rings. The third-order valence-corrected chi connectivity index (χ3v) is 9.42. The highest BCUT2D eigenvalue weighted by Gasteiger charge is 2.27. The molecule has 1 amide bonds. The lowest BCUT2D eigenvalue weighted by Crippen LogP contribution is -2.32. The molecule has 4 aromatic carbocycles. The van der Waals surface area contributed by atoms with Gasteiger partial charge < -0.3 is 25.1 Å². The van der Waals surface area contributed by atoms with Crippen LogP contribution in [0.25, 0.3) is 22.2 Å². The number of aromatic amines is 1. The summed E-state index contributed by atoms with van der Waals surface area (Å²) in [5.74, 6) is 0.543. The third-order valence-electron chi connectivity index (χ3n) is 8.81. The van der Waals surface area contributed by atoms with Gasteiger partial charge in [-0.2, -0.15) is 0 Å². The predicted octanol–water partition coefficient (Wildman–Crippen LogP) is 8.40. The van der Waals surface area contributed by atoms with Gasteiger partial charge in [0, 0.05) is 40.6 Å². The number of hydrogen-bond donors (Lipinski definition) is 5. The number of oxazole rings is 1. The zero-order valence-corrected chi connectivity index (χ0v) is 29.1. The fraction of sp³-hybridized carbons (Fsp3) is 0.231. The smallest absolute Gasteiger partial charge is 0.404 e. The summed E-state index contributed by atoms with van der Waals surface area (Å²) in [6.07, 6.45) is 5.87. The molecule has 0 radical (unpaired) electrons. The van der Waals surface area contributed by atoms with Gasteiger partial charge in [0.15, 0.2) is 5.76 Å². The van der Waals surface area contributed by atoms with Crippen molar-refractivity contribution in [2.24, 2.45) is 5.92 Å². The number of nitrogens with one attached hydrogen (secondary N) is 4. The van der Waals surface area contributed by atoms with Gasteiger partial charge in [0.1, 0.15) is 0 Å².